The molecule has 0 saturated heterocycles. The van der Waals surface area contributed by atoms with Crippen LogP contribution in [0.15, 0.2) is 0 Å². The summed E-state index contributed by atoms with van der Waals surface area (Å²) in [6.45, 7) is 0. The second-order valence-electron chi connectivity index (χ2n) is 2.74. The third kappa shape index (κ3) is 2.97. The van der Waals surface area contributed by atoms with E-state index < -0.39 is 0 Å². The van der Waals surface area contributed by atoms with Crippen LogP contribution in [0.25, 0.3) is 0 Å². The van der Waals surface area contributed by atoms with E-state index in [1.54, 1.807) is 0 Å². The third-order valence-corrected chi connectivity index (χ3v) is 2.15. The molecule has 59 valence electrons. The summed E-state index contributed by atoms with van der Waals surface area (Å²) >= 11 is 2.75. The highest BCUT2D eigenvalue weighted by atomic mass is 79.9. The van der Waals surface area contributed by atoms with E-state index in [2.05, 4.69) is 21.2 Å². The largest absolute Gasteiger partial charge is 0.275 e. The maximum absolute atomic E-state index is 12.2. The highest BCUT2D eigenvalue weighted by molar-refractivity contribution is 9.11. The van der Waals surface area contributed by atoms with E-state index in [1.807, 2.05) is 0 Å². The molecule has 1 nitrogen and oxygen atoms in total. The Morgan fingerprint density at radius 1 is 1.30 bits per heavy atom. The smallest absolute Gasteiger partial charge is 0.268 e. The average Bonchev–Trinajstić information content (AvgIpc) is 1.88. The summed E-state index contributed by atoms with van der Waals surface area (Å²) in [5.41, 5.74) is 0. The van der Waals surface area contributed by atoms with Crippen molar-refractivity contribution in [2.24, 2.45) is 0 Å². The molecule has 0 unspecified atom stereocenters. The van der Waals surface area contributed by atoms with Gasteiger partial charge in [-0.25, -0.2) is 4.39 Å². The van der Waals surface area contributed by atoms with E-state index in [4.69, 9.17) is 0 Å². The van der Waals surface area contributed by atoms with Gasteiger partial charge in [-0.15, -0.1) is 0 Å². The Kier molecular flexibility index (Phi) is 3.63. The molecule has 0 heterocycles. The second-order valence-corrected chi connectivity index (χ2v) is 3.44. The van der Waals surface area contributed by atoms with Crippen LogP contribution in [0.1, 0.15) is 32.1 Å². The van der Waals surface area contributed by atoms with E-state index in [1.165, 1.54) is 19.3 Å². The van der Waals surface area contributed by atoms with Crippen LogP contribution in [0.4, 0.5) is 4.39 Å². The standard InChI is InChI=1S/C7H12BrFN/c8-7(9)10-6-4-2-1-3-5-6/h6,10H,1-5H2. The van der Waals surface area contributed by atoms with Crippen molar-refractivity contribution in [1.29, 1.82) is 0 Å². The topological polar surface area (TPSA) is 12.0 Å². The van der Waals surface area contributed by atoms with Crippen molar-refractivity contribution in [2.75, 3.05) is 0 Å². The van der Waals surface area contributed by atoms with E-state index in [0.29, 0.717) is 6.04 Å². The van der Waals surface area contributed by atoms with Crippen molar-refractivity contribution >= 4 is 15.9 Å². The maximum Gasteiger partial charge on any atom is 0.275 e. The number of halogens is 2. The number of rotatable bonds is 2. The first-order valence-electron chi connectivity index (χ1n) is 3.73. The molecule has 10 heavy (non-hydrogen) atoms. The van der Waals surface area contributed by atoms with Gasteiger partial charge in [0, 0.05) is 6.04 Å². The molecule has 1 aliphatic rings. The predicted molar refractivity (Wildman–Crippen MR) is 43.3 cm³/mol. The van der Waals surface area contributed by atoms with Crippen LogP contribution in [-0.2, 0) is 0 Å². The summed E-state index contributed by atoms with van der Waals surface area (Å²) in [7, 11) is 0. The zero-order chi connectivity index (χ0) is 7.40. The van der Waals surface area contributed by atoms with Gasteiger partial charge in [0.2, 0.25) is 0 Å². The Morgan fingerprint density at radius 3 is 2.40 bits per heavy atom. The van der Waals surface area contributed by atoms with Gasteiger partial charge in [-0.2, -0.15) is 0 Å². The molecule has 1 radical (unpaired) electrons. The van der Waals surface area contributed by atoms with Gasteiger partial charge < -0.3 is 0 Å². The number of hydrogen-bond donors (Lipinski definition) is 1. The van der Waals surface area contributed by atoms with E-state index in [-0.39, 0.29) is 5.20 Å². The lowest BCUT2D eigenvalue weighted by Crippen LogP contribution is -2.30. The van der Waals surface area contributed by atoms with Crippen LogP contribution in [0.3, 0.4) is 0 Å². The quantitative estimate of drug-likeness (QED) is 0.689. The summed E-state index contributed by atoms with van der Waals surface area (Å²) in [6, 6.07) is 0.369. The van der Waals surface area contributed by atoms with Gasteiger partial charge in [0.15, 0.2) is 0 Å². The first-order chi connectivity index (χ1) is 4.79. The lowest BCUT2D eigenvalue weighted by molar-refractivity contribution is 0.352. The minimum Gasteiger partial charge on any atom is -0.268 e. The normalized spacial score (nSPS) is 21.9. The number of nitrogens with one attached hydrogen (secondary N) is 1. The van der Waals surface area contributed by atoms with Gasteiger partial charge in [0.05, 0.1) is 0 Å². The molecular weight excluding hydrogens is 197 g/mol. The molecule has 1 aliphatic carbocycles. The second kappa shape index (κ2) is 4.29. The zero-order valence-corrected chi connectivity index (χ0v) is 7.45. The Labute approximate surface area is 69.5 Å². The van der Waals surface area contributed by atoms with E-state index in [9.17, 15) is 4.39 Å². The summed E-state index contributed by atoms with van der Waals surface area (Å²) < 4.78 is 12.2. The maximum atomic E-state index is 12.2. The van der Waals surface area contributed by atoms with Crippen LogP contribution in [-0.4, -0.2) is 6.04 Å². The predicted octanol–water partition coefficient (Wildman–Crippen LogP) is 2.72. The molecule has 3 heteroatoms. The van der Waals surface area contributed by atoms with Crippen molar-refractivity contribution in [1.82, 2.24) is 5.32 Å². The average molecular weight is 209 g/mol. The highest BCUT2D eigenvalue weighted by Gasteiger charge is 2.15. The van der Waals surface area contributed by atoms with Crippen molar-refractivity contribution < 1.29 is 4.39 Å². The molecule has 1 fully saturated rings. The fraction of sp³-hybridized carbons (Fsp3) is 0.857. The molecule has 1 rings (SSSR count). The van der Waals surface area contributed by atoms with E-state index >= 15 is 0 Å². The molecule has 0 atom stereocenters. The lowest BCUT2D eigenvalue weighted by atomic mass is 9.96. The van der Waals surface area contributed by atoms with Crippen molar-refractivity contribution in [3.05, 3.63) is 5.20 Å². The van der Waals surface area contributed by atoms with Gasteiger partial charge in [0.1, 0.15) is 0 Å². The van der Waals surface area contributed by atoms with Crippen molar-refractivity contribution in [3.63, 3.8) is 0 Å². The van der Waals surface area contributed by atoms with Crippen LogP contribution < -0.4 is 5.32 Å². The molecule has 1 saturated carbocycles. The summed E-state index contributed by atoms with van der Waals surface area (Å²) in [5.74, 6) is 0. The lowest BCUT2D eigenvalue weighted by Gasteiger charge is -2.22. The molecule has 1 N–H and O–H groups in total. The molecule has 0 spiro atoms. The van der Waals surface area contributed by atoms with E-state index in [0.717, 1.165) is 12.8 Å². The van der Waals surface area contributed by atoms with Gasteiger partial charge >= 0.3 is 0 Å². The number of hydrogen-bond acceptors (Lipinski definition) is 1. The Hall–Kier alpha value is 0.370. The van der Waals surface area contributed by atoms with Gasteiger partial charge in [-0.3, -0.25) is 5.32 Å². The van der Waals surface area contributed by atoms with Crippen LogP contribution in [0.5, 0.6) is 0 Å². The third-order valence-electron chi connectivity index (χ3n) is 1.92. The molecular formula is C7H12BrFN. The zero-order valence-electron chi connectivity index (χ0n) is 5.87. The van der Waals surface area contributed by atoms with Gasteiger partial charge in [-0.05, 0) is 28.8 Å². The highest BCUT2D eigenvalue weighted by Crippen LogP contribution is 2.20. The summed E-state index contributed by atoms with van der Waals surface area (Å²) in [4.78, 5) is 0. The van der Waals surface area contributed by atoms with Crippen LogP contribution in [0.2, 0.25) is 0 Å². The molecule has 0 aromatic rings. The SMILES string of the molecule is F[C](Br)NC1CCCCC1. The first kappa shape index (κ1) is 8.47. The van der Waals surface area contributed by atoms with Crippen LogP contribution >= 0.6 is 15.9 Å². The molecule has 0 amide bonds. The molecule has 0 aromatic carbocycles. The van der Waals surface area contributed by atoms with Crippen LogP contribution in [0, 0.1) is 5.20 Å². The summed E-state index contributed by atoms with van der Waals surface area (Å²) in [6.07, 6.45) is 6.00. The molecule has 0 aromatic heterocycles. The van der Waals surface area contributed by atoms with Crippen molar-refractivity contribution in [2.45, 2.75) is 38.1 Å². The fourth-order valence-electron chi connectivity index (χ4n) is 1.40. The summed E-state index contributed by atoms with van der Waals surface area (Å²) in [5, 5.41) is 2.43. The minimum absolute atomic E-state index is 0.320. The fourth-order valence-corrected chi connectivity index (χ4v) is 1.72. The first-order valence-corrected chi connectivity index (χ1v) is 4.53. The minimum atomic E-state index is -0.320. The molecule has 0 bridgehead atoms. The Morgan fingerprint density at radius 2 is 1.90 bits per heavy atom. The Balaban J connectivity index is 2.13. The monoisotopic (exact) mass is 208 g/mol. The van der Waals surface area contributed by atoms with Crippen molar-refractivity contribution in [3.8, 4) is 0 Å². The molecule has 0 aliphatic heterocycles. The van der Waals surface area contributed by atoms with Gasteiger partial charge in [0.25, 0.3) is 5.20 Å². The Bertz CT molecular complexity index is 91.6. The van der Waals surface area contributed by atoms with Gasteiger partial charge in [-0.1, -0.05) is 19.3 Å².